The average Bonchev–Trinajstić information content (AvgIpc) is 3.18. The molecule has 0 saturated heterocycles. The minimum absolute atomic E-state index is 0.101. The van der Waals surface area contributed by atoms with Crippen molar-refractivity contribution in [3.63, 3.8) is 0 Å². The van der Waals surface area contributed by atoms with Gasteiger partial charge in [0.1, 0.15) is 11.4 Å². The van der Waals surface area contributed by atoms with E-state index in [1.165, 1.54) is 10.7 Å². The highest BCUT2D eigenvalue weighted by atomic mass is 19.4. The van der Waals surface area contributed by atoms with E-state index in [0.29, 0.717) is 43.5 Å². The Kier molecular flexibility index (Phi) is 5.54. The zero-order valence-corrected chi connectivity index (χ0v) is 16.4. The van der Waals surface area contributed by atoms with Crippen molar-refractivity contribution >= 4 is 5.91 Å². The van der Waals surface area contributed by atoms with E-state index in [4.69, 9.17) is 0 Å². The van der Waals surface area contributed by atoms with Crippen LogP contribution in [0.5, 0.6) is 0 Å². The second-order valence-corrected chi connectivity index (χ2v) is 7.18. The first-order chi connectivity index (χ1) is 15.4. The molecule has 1 N–H and O–H groups in total. The van der Waals surface area contributed by atoms with Crippen molar-refractivity contribution in [3.8, 4) is 11.3 Å². The molecule has 14 heteroatoms. The summed E-state index contributed by atoms with van der Waals surface area (Å²) in [5, 5.41) is 6.66. The van der Waals surface area contributed by atoms with Crippen LogP contribution in [0.25, 0.3) is 11.3 Å². The summed E-state index contributed by atoms with van der Waals surface area (Å²) in [5.74, 6) is -1.94. The maximum Gasteiger partial charge on any atom is 0.434 e. The lowest BCUT2D eigenvalue weighted by molar-refractivity contribution is -0.142. The van der Waals surface area contributed by atoms with E-state index < -0.39 is 52.8 Å². The number of aryl methyl sites for hydroxylation is 1. The maximum atomic E-state index is 14.2. The molecule has 7 nitrogen and oxygen atoms in total. The summed E-state index contributed by atoms with van der Waals surface area (Å²) in [4.78, 5) is 22.2. The van der Waals surface area contributed by atoms with Crippen LogP contribution >= 0.6 is 0 Å². The number of pyridine rings is 1. The predicted octanol–water partition coefficient (Wildman–Crippen LogP) is 4.18. The second kappa shape index (κ2) is 8.08. The lowest BCUT2D eigenvalue weighted by Gasteiger charge is -2.24. The third-order valence-electron chi connectivity index (χ3n) is 4.92. The van der Waals surface area contributed by atoms with E-state index in [9.17, 15) is 35.5 Å². The summed E-state index contributed by atoms with van der Waals surface area (Å²) in [6, 6.07) is 1.12. The summed E-state index contributed by atoms with van der Waals surface area (Å²) in [6.07, 6.45) is -6.90. The van der Waals surface area contributed by atoms with Crippen molar-refractivity contribution in [1.29, 1.82) is 0 Å². The van der Waals surface area contributed by atoms with Gasteiger partial charge in [0.2, 0.25) is 0 Å². The molecule has 0 aromatic carbocycles. The van der Waals surface area contributed by atoms with Crippen LogP contribution in [0, 0.1) is 5.82 Å². The van der Waals surface area contributed by atoms with Crippen molar-refractivity contribution in [3.05, 3.63) is 59.3 Å². The first kappa shape index (κ1) is 22.6. The number of alkyl halides is 6. The lowest BCUT2D eigenvalue weighted by Crippen LogP contribution is -2.33. The summed E-state index contributed by atoms with van der Waals surface area (Å²) in [6.45, 7) is 0.351. The minimum atomic E-state index is -4.79. The number of hydrogen-bond acceptors (Lipinski definition) is 5. The number of nitrogens with zero attached hydrogens (tertiary/aromatic N) is 5. The van der Waals surface area contributed by atoms with Gasteiger partial charge < -0.3 is 5.32 Å². The number of carbonyl (C=O) groups is 1. The van der Waals surface area contributed by atoms with E-state index in [1.54, 1.807) is 0 Å². The Hall–Kier alpha value is -3.58. The highest BCUT2D eigenvalue weighted by Crippen LogP contribution is 2.34. The van der Waals surface area contributed by atoms with Crippen LogP contribution in [-0.4, -0.2) is 30.6 Å². The fourth-order valence-corrected chi connectivity index (χ4v) is 3.40. The van der Waals surface area contributed by atoms with E-state index in [2.05, 4.69) is 25.4 Å². The molecule has 1 aliphatic heterocycles. The van der Waals surface area contributed by atoms with Crippen LogP contribution in [0.1, 0.15) is 46.5 Å². The number of carbonyl (C=O) groups excluding carboxylic acids is 1. The highest BCUT2D eigenvalue weighted by Gasteiger charge is 2.35. The van der Waals surface area contributed by atoms with Gasteiger partial charge in [-0.05, 0) is 25.0 Å². The molecule has 0 unspecified atom stereocenters. The Morgan fingerprint density at radius 1 is 1.03 bits per heavy atom. The average molecular weight is 474 g/mol. The van der Waals surface area contributed by atoms with Crippen LogP contribution in [0.3, 0.4) is 0 Å². The molecule has 33 heavy (non-hydrogen) atoms. The molecule has 0 saturated carbocycles. The van der Waals surface area contributed by atoms with Gasteiger partial charge in [-0.15, -0.1) is 0 Å². The zero-order chi connectivity index (χ0) is 24.0. The number of hydrogen-bond donors (Lipinski definition) is 1. The van der Waals surface area contributed by atoms with Gasteiger partial charge in [0, 0.05) is 12.1 Å². The molecule has 174 valence electrons. The molecule has 0 bridgehead atoms. The quantitative estimate of drug-likeness (QED) is 0.576. The molecule has 0 spiro atoms. The third-order valence-corrected chi connectivity index (χ3v) is 4.92. The van der Waals surface area contributed by atoms with Crippen molar-refractivity contribution < 1.29 is 35.5 Å². The van der Waals surface area contributed by atoms with Gasteiger partial charge in [-0.3, -0.25) is 14.5 Å². The first-order valence-electron chi connectivity index (χ1n) is 9.44. The number of amides is 1. The van der Waals surface area contributed by atoms with Gasteiger partial charge in [-0.2, -0.15) is 31.4 Å². The molecule has 1 aliphatic rings. The lowest BCUT2D eigenvalue weighted by atomic mass is 10.0. The Balaban J connectivity index is 1.62. The van der Waals surface area contributed by atoms with Crippen molar-refractivity contribution in [2.45, 2.75) is 37.8 Å². The van der Waals surface area contributed by atoms with E-state index in [1.807, 2.05) is 0 Å². The summed E-state index contributed by atoms with van der Waals surface area (Å²) in [7, 11) is 0. The smallest absolute Gasteiger partial charge is 0.342 e. The van der Waals surface area contributed by atoms with Gasteiger partial charge in [-0.25, -0.2) is 14.4 Å². The second-order valence-electron chi connectivity index (χ2n) is 7.18. The van der Waals surface area contributed by atoms with E-state index >= 15 is 0 Å². The molecule has 1 atom stereocenters. The van der Waals surface area contributed by atoms with Crippen LogP contribution in [0.2, 0.25) is 0 Å². The van der Waals surface area contributed by atoms with Crippen LogP contribution in [0.15, 0.2) is 30.7 Å². The monoisotopic (exact) mass is 474 g/mol. The Morgan fingerprint density at radius 3 is 2.45 bits per heavy atom. The Bertz CT molecular complexity index is 1200. The van der Waals surface area contributed by atoms with Crippen LogP contribution < -0.4 is 5.32 Å². The number of nitrogens with one attached hydrogen (secondary N) is 1. The fraction of sp³-hybridized carbons (Fsp3) is 0.316. The van der Waals surface area contributed by atoms with Gasteiger partial charge in [0.15, 0.2) is 11.5 Å². The summed E-state index contributed by atoms with van der Waals surface area (Å²) in [5.41, 5.74) is -3.35. The van der Waals surface area contributed by atoms with Crippen molar-refractivity contribution in [2.24, 2.45) is 0 Å². The van der Waals surface area contributed by atoms with Gasteiger partial charge >= 0.3 is 12.4 Å². The van der Waals surface area contributed by atoms with Gasteiger partial charge in [-0.1, -0.05) is 0 Å². The largest absolute Gasteiger partial charge is 0.434 e. The van der Waals surface area contributed by atoms with Crippen molar-refractivity contribution in [1.82, 2.24) is 30.0 Å². The first-order valence-corrected chi connectivity index (χ1v) is 9.44. The molecule has 0 aliphatic carbocycles. The van der Waals surface area contributed by atoms with E-state index in [0.717, 1.165) is 6.20 Å². The highest BCUT2D eigenvalue weighted by molar-refractivity contribution is 5.92. The Labute approximate surface area is 180 Å². The normalized spacial score (nSPS) is 16.4. The number of halogens is 7. The third kappa shape index (κ3) is 4.64. The predicted molar refractivity (Wildman–Crippen MR) is 96.9 cm³/mol. The van der Waals surface area contributed by atoms with Crippen molar-refractivity contribution in [2.75, 3.05) is 0 Å². The topological polar surface area (TPSA) is 85.6 Å². The molecule has 0 radical (unpaired) electrons. The maximum absolute atomic E-state index is 14.2. The molecule has 4 heterocycles. The summed E-state index contributed by atoms with van der Waals surface area (Å²) >= 11 is 0. The number of aromatic nitrogens is 5. The fourth-order valence-electron chi connectivity index (χ4n) is 3.40. The van der Waals surface area contributed by atoms with Crippen LogP contribution in [0.4, 0.5) is 30.7 Å². The molecular formula is C19H13F7N6O. The minimum Gasteiger partial charge on any atom is -0.342 e. The molecular weight excluding hydrogens is 461 g/mol. The van der Waals surface area contributed by atoms with Gasteiger partial charge in [0.05, 0.1) is 36.0 Å². The van der Waals surface area contributed by atoms with Gasteiger partial charge in [0.25, 0.3) is 5.91 Å². The Morgan fingerprint density at radius 2 is 1.76 bits per heavy atom. The van der Waals surface area contributed by atoms with E-state index in [-0.39, 0.29) is 5.69 Å². The molecule has 0 fully saturated rings. The molecule has 1 amide bonds. The molecule has 3 aromatic rings. The standard InChI is InChI=1S/C19H13F7N6O/c20-10-6-28-15(18(21,22)23)4-9(10)12-5-14-11(2-1-3-32(14)31-12)30-17(33)13-7-27-8-16(29-13)19(24,25)26/h4-8,11H,1-3H2,(H,30,33)/t11-/m0/s1. The number of fused-ring (bicyclic) bond motifs is 1. The molecule has 3 aromatic heterocycles. The summed E-state index contributed by atoms with van der Waals surface area (Å²) < 4.78 is 93.0. The van der Waals surface area contributed by atoms with Crippen LogP contribution in [-0.2, 0) is 18.9 Å². The molecule has 4 rings (SSSR count). The number of rotatable bonds is 3. The SMILES string of the molecule is O=C(N[C@H]1CCCn2nc(-c3cc(C(F)(F)F)ncc3F)cc21)c1cncc(C(F)(F)F)n1. The zero-order valence-electron chi connectivity index (χ0n) is 16.4.